The van der Waals surface area contributed by atoms with E-state index in [1.165, 1.54) is 18.2 Å². The third kappa shape index (κ3) is 6.07. The molecule has 0 atom stereocenters. The van der Waals surface area contributed by atoms with Crippen molar-refractivity contribution in [2.45, 2.75) is 38.6 Å². The minimum absolute atomic E-state index is 0.130. The molecule has 1 aromatic rings. The second-order valence-corrected chi connectivity index (χ2v) is 7.81. The summed E-state index contributed by atoms with van der Waals surface area (Å²) in [4.78, 5) is 15.8. The Bertz CT molecular complexity index is 675. The number of methoxy groups -OCH3 is 1. The lowest BCUT2D eigenvalue weighted by atomic mass is 10.1. The zero-order chi connectivity index (χ0) is 19.8. The molecule has 0 amide bonds. The van der Waals surface area contributed by atoms with Gasteiger partial charge < -0.3 is 19.7 Å². The van der Waals surface area contributed by atoms with Crippen molar-refractivity contribution in [3.63, 3.8) is 0 Å². The zero-order valence-electron chi connectivity index (χ0n) is 16.7. The van der Waals surface area contributed by atoms with Crippen LogP contribution in [0, 0.1) is 0 Å². The van der Waals surface area contributed by atoms with Crippen LogP contribution in [0.3, 0.4) is 0 Å². The van der Waals surface area contributed by atoms with Gasteiger partial charge in [0.05, 0.1) is 13.7 Å². The van der Waals surface area contributed by atoms with Gasteiger partial charge in [0.2, 0.25) is 0 Å². The Labute approximate surface area is 173 Å². The largest absolute Gasteiger partial charge is 0.493 e. The van der Waals surface area contributed by atoms with Gasteiger partial charge in [-0.3, -0.25) is 9.69 Å². The number of piperazine rings is 1. The Morgan fingerprint density at radius 3 is 2.82 bits per heavy atom. The Hall–Kier alpha value is -1.86. The molecular formula is C21H31N3O3S. The molecule has 0 spiro atoms. The average molecular weight is 406 g/mol. The van der Waals surface area contributed by atoms with E-state index in [0.29, 0.717) is 6.42 Å². The minimum atomic E-state index is -0.130. The number of ether oxygens (including phenoxy) is 2. The predicted octanol–water partition coefficient (Wildman–Crippen LogP) is 2.35. The Morgan fingerprint density at radius 2 is 2.04 bits per heavy atom. The summed E-state index contributed by atoms with van der Waals surface area (Å²) in [5.41, 5.74) is 2.71. The van der Waals surface area contributed by atoms with E-state index in [0.717, 1.165) is 82.4 Å². The van der Waals surface area contributed by atoms with Crippen molar-refractivity contribution in [3.05, 3.63) is 29.3 Å². The van der Waals surface area contributed by atoms with Crippen LogP contribution in [0.25, 0.3) is 0 Å². The fraction of sp³-hybridized carbons (Fsp3) is 0.619. The molecule has 154 valence electrons. The first-order valence-corrected chi connectivity index (χ1v) is 10.6. The van der Waals surface area contributed by atoms with Crippen LogP contribution in [-0.4, -0.2) is 67.3 Å². The second kappa shape index (κ2) is 10.6. The van der Waals surface area contributed by atoms with Crippen molar-refractivity contribution < 1.29 is 14.3 Å². The molecule has 0 aliphatic carbocycles. The van der Waals surface area contributed by atoms with Gasteiger partial charge in [-0.25, -0.2) is 0 Å². The number of rotatable bonds is 8. The number of benzene rings is 1. The summed E-state index contributed by atoms with van der Waals surface area (Å²) in [6, 6.07) is 6.59. The summed E-state index contributed by atoms with van der Waals surface area (Å²) >= 11 is 5.54. The molecule has 2 aliphatic rings. The number of nitrogens with zero attached hydrogens (tertiary/aromatic N) is 2. The van der Waals surface area contributed by atoms with Crippen LogP contribution < -0.4 is 10.1 Å². The summed E-state index contributed by atoms with van der Waals surface area (Å²) in [5, 5.41) is 4.21. The minimum Gasteiger partial charge on any atom is -0.493 e. The highest BCUT2D eigenvalue weighted by Gasteiger charge is 2.19. The standard InChI is InChI=1S/C21H31N3O3S/c1-26-20(25)5-3-2-4-9-22-21(28)24-12-10-23(11-13-24)16-17-6-7-19-18(15-17)8-14-27-19/h6-7,15H,2-5,8-14,16H2,1H3,(H,22,28). The first kappa shape index (κ1) is 20.9. The molecule has 2 aliphatic heterocycles. The van der Waals surface area contributed by atoms with Crippen LogP contribution >= 0.6 is 12.2 Å². The molecule has 2 heterocycles. The maximum atomic E-state index is 11.1. The monoisotopic (exact) mass is 405 g/mol. The maximum absolute atomic E-state index is 11.1. The van der Waals surface area contributed by atoms with Gasteiger partial charge >= 0.3 is 5.97 Å². The van der Waals surface area contributed by atoms with Gasteiger partial charge in [-0.15, -0.1) is 0 Å². The van der Waals surface area contributed by atoms with Crippen molar-refractivity contribution in [2.24, 2.45) is 0 Å². The first-order chi connectivity index (χ1) is 13.7. The lowest BCUT2D eigenvalue weighted by Gasteiger charge is -2.36. The smallest absolute Gasteiger partial charge is 0.305 e. The lowest BCUT2D eigenvalue weighted by Crippen LogP contribution is -2.51. The normalized spacial score (nSPS) is 16.4. The molecule has 0 bridgehead atoms. The molecular weight excluding hydrogens is 374 g/mol. The Balaban J connectivity index is 1.30. The Kier molecular flexibility index (Phi) is 7.91. The van der Waals surface area contributed by atoms with E-state index in [4.69, 9.17) is 17.0 Å². The molecule has 1 aromatic carbocycles. The highest BCUT2D eigenvalue weighted by molar-refractivity contribution is 7.80. The second-order valence-electron chi connectivity index (χ2n) is 7.42. The number of fused-ring (bicyclic) bond motifs is 1. The van der Waals surface area contributed by atoms with Gasteiger partial charge in [-0.05, 0) is 42.3 Å². The molecule has 0 radical (unpaired) electrons. The molecule has 0 unspecified atom stereocenters. The van der Waals surface area contributed by atoms with Gasteiger partial charge in [-0.2, -0.15) is 0 Å². The van der Waals surface area contributed by atoms with E-state index in [9.17, 15) is 4.79 Å². The highest BCUT2D eigenvalue weighted by Crippen LogP contribution is 2.26. The fourth-order valence-corrected chi connectivity index (χ4v) is 3.97. The van der Waals surface area contributed by atoms with E-state index in [-0.39, 0.29) is 5.97 Å². The van der Waals surface area contributed by atoms with E-state index in [1.54, 1.807) is 0 Å². The summed E-state index contributed by atoms with van der Waals surface area (Å²) in [6.45, 7) is 6.62. The molecule has 6 nitrogen and oxygen atoms in total. The predicted molar refractivity (Wildman–Crippen MR) is 114 cm³/mol. The number of nitrogens with one attached hydrogen (secondary N) is 1. The highest BCUT2D eigenvalue weighted by atomic mass is 32.1. The number of thiocarbonyl (C=S) groups is 1. The number of unbranched alkanes of at least 4 members (excludes halogenated alkanes) is 2. The average Bonchev–Trinajstić information content (AvgIpc) is 3.18. The zero-order valence-corrected chi connectivity index (χ0v) is 17.6. The first-order valence-electron chi connectivity index (χ1n) is 10.2. The molecule has 28 heavy (non-hydrogen) atoms. The van der Waals surface area contributed by atoms with Crippen molar-refractivity contribution in [2.75, 3.05) is 46.4 Å². The molecule has 3 rings (SSSR count). The van der Waals surface area contributed by atoms with Crippen LogP contribution in [0.4, 0.5) is 0 Å². The number of esters is 1. The van der Waals surface area contributed by atoms with Crippen LogP contribution in [0.5, 0.6) is 5.75 Å². The van der Waals surface area contributed by atoms with Crippen molar-refractivity contribution in [1.82, 2.24) is 15.1 Å². The summed E-state index contributed by atoms with van der Waals surface area (Å²) in [5.74, 6) is 0.921. The van der Waals surface area contributed by atoms with Crippen LogP contribution in [0.1, 0.15) is 36.8 Å². The van der Waals surface area contributed by atoms with Crippen LogP contribution in [0.15, 0.2) is 18.2 Å². The number of hydrogen-bond donors (Lipinski definition) is 1. The van der Waals surface area contributed by atoms with Crippen LogP contribution in [-0.2, 0) is 22.5 Å². The van der Waals surface area contributed by atoms with Gasteiger partial charge in [0.15, 0.2) is 5.11 Å². The molecule has 7 heteroatoms. The number of carbonyl (C=O) groups is 1. The molecule has 1 fully saturated rings. The van der Waals surface area contributed by atoms with Crippen molar-refractivity contribution in [1.29, 1.82) is 0 Å². The van der Waals surface area contributed by atoms with E-state index in [1.807, 2.05) is 0 Å². The summed E-state index contributed by atoms with van der Waals surface area (Å²) < 4.78 is 10.2. The summed E-state index contributed by atoms with van der Waals surface area (Å²) in [7, 11) is 1.43. The third-order valence-corrected chi connectivity index (χ3v) is 5.78. The van der Waals surface area contributed by atoms with Crippen molar-refractivity contribution >= 4 is 23.3 Å². The van der Waals surface area contributed by atoms with Gasteiger partial charge in [-0.1, -0.05) is 18.6 Å². The summed E-state index contributed by atoms with van der Waals surface area (Å²) in [6.07, 6.45) is 4.41. The maximum Gasteiger partial charge on any atom is 0.305 e. The molecule has 0 aromatic heterocycles. The van der Waals surface area contributed by atoms with Crippen molar-refractivity contribution in [3.8, 4) is 5.75 Å². The molecule has 0 saturated carbocycles. The SMILES string of the molecule is COC(=O)CCCCCNC(=S)N1CCN(Cc2ccc3c(c2)CCO3)CC1. The topological polar surface area (TPSA) is 54.0 Å². The van der Waals surface area contributed by atoms with E-state index < -0.39 is 0 Å². The van der Waals surface area contributed by atoms with E-state index >= 15 is 0 Å². The molecule has 1 N–H and O–H groups in total. The molecule has 1 saturated heterocycles. The number of carbonyl (C=O) groups excluding carboxylic acids is 1. The van der Waals surface area contributed by atoms with Gasteiger partial charge in [0.25, 0.3) is 0 Å². The third-order valence-electron chi connectivity index (χ3n) is 5.38. The number of hydrogen-bond acceptors (Lipinski definition) is 5. The van der Waals surface area contributed by atoms with Crippen LogP contribution in [0.2, 0.25) is 0 Å². The Morgan fingerprint density at radius 1 is 1.21 bits per heavy atom. The van der Waals surface area contributed by atoms with Gasteiger partial charge in [0, 0.05) is 52.1 Å². The quantitative estimate of drug-likeness (QED) is 0.405. The lowest BCUT2D eigenvalue weighted by molar-refractivity contribution is -0.140. The fourth-order valence-electron chi connectivity index (χ4n) is 3.69. The van der Waals surface area contributed by atoms with E-state index in [2.05, 4.69) is 38.1 Å². The van der Waals surface area contributed by atoms with Gasteiger partial charge in [0.1, 0.15) is 5.75 Å².